The van der Waals surface area contributed by atoms with Gasteiger partial charge in [-0.05, 0) is 11.6 Å². The molecule has 0 atom stereocenters. The van der Waals surface area contributed by atoms with Gasteiger partial charge in [-0.3, -0.25) is 0 Å². The molecule has 74 valence electrons. The van der Waals surface area contributed by atoms with Gasteiger partial charge in [-0.1, -0.05) is 18.2 Å². The van der Waals surface area contributed by atoms with Gasteiger partial charge in [-0.2, -0.15) is 0 Å². The molecule has 0 saturated carbocycles. The monoisotopic (exact) mass is 189 g/mol. The van der Waals surface area contributed by atoms with Crippen LogP contribution in [-0.2, 0) is 13.5 Å². The standard InChI is InChI=1S/C12H16N2/c1-13-8-7-10-9-14(2)12-6-4-3-5-11(10)12/h3-6,9,13H,7-8H2,1-2H3/p+1. The SMILES string of the molecule is C[NH2+]CCc1cn(C)c2ccccc12. The van der Waals surface area contributed by atoms with E-state index >= 15 is 0 Å². The zero-order valence-electron chi connectivity index (χ0n) is 8.83. The van der Waals surface area contributed by atoms with Gasteiger partial charge < -0.3 is 9.88 Å². The van der Waals surface area contributed by atoms with E-state index in [1.54, 1.807) is 0 Å². The molecule has 1 aromatic carbocycles. The van der Waals surface area contributed by atoms with Crippen molar-refractivity contribution in [2.45, 2.75) is 6.42 Å². The van der Waals surface area contributed by atoms with Gasteiger partial charge in [-0.15, -0.1) is 0 Å². The fourth-order valence-corrected chi connectivity index (χ4v) is 1.92. The van der Waals surface area contributed by atoms with Crippen molar-refractivity contribution in [3.05, 3.63) is 36.0 Å². The second-order valence-corrected chi connectivity index (χ2v) is 3.73. The summed E-state index contributed by atoms with van der Waals surface area (Å²) in [6, 6.07) is 8.59. The molecule has 2 N–H and O–H groups in total. The quantitative estimate of drug-likeness (QED) is 0.741. The number of hydrogen-bond acceptors (Lipinski definition) is 0. The first-order chi connectivity index (χ1) is 6.83. The summed E-state index contributed by atoms with van der Waals surface area (Å²) in [5, 5.41) is 3.62. The van der Waals surface area contributed by atoms with E-state index in [4.69, 9.17) is 0 Å². The Morgan fingerprint density at radius 2 is 2.07 bits per heavy atom. The van der Waals surface area contributed by atoms with Gasteiger partial charge in [0.1, 0.15) is 0 Å². The predicted molar refractivity (Wildman–Crippen MR) is 59.3 cm³/mol. The summed E-state index contributed by atoms with van der Waals surface area (Å²) < 4.78 is 2.21. The van der Waals surface area contributed by atoms with Gasteiger partial charge >= 0.3 is 0 Å². The number of benzene rings is 1. The van der Waals surface area contributed by atoms with Crippen LogP contribution in [0.2, 0.25) is 0 Å². The minimum atomic E-state index is 1.15. The lowest BCUT2D eigenvalue weighted by Gasteiger charge is -1.95. The third-order valence-electron chi connectivity index (χ3n) is 2.68. The van der Waals surface area contributed by atoms with Crippen LogP contribution < -0.4 is 5.32 Å². The van der Waals surface area contributed by atoms with E-state index in [2.05, 4.69) is 54.4 Å². The molecule has 1 heterocycles. The van der Waals surface area contributed by atoms with Crippen molar-refractivity contribution in [3.8, 4) is 0 Å². The predicted octanol–water partition coefficient (Wildman–Crippen LogP) is 0.914. The van der Waals surface area contributed by atoms with Crippen molar-refractivity contribution >= 4 is 10.9 Å². The largest absolute Gasteiger partial charge is 0.350 e. The number of hydrogen-bond donors (Lipinski definition) is 1. The number of rotatable bonds is 3. The van der Waals surface area contributed by atoms with E-state index in [0.29, 0.717) is 0 Å². The molecule has 14 heavy (non-hydrogen) atoms. The van der Waals surface area contributed by atoms with Gasteiger partial charge in [0, 0.05) is 30.6 Å². The Balaban J connectivity index is 2.44. The van der Waals surface area contributed by atoms with Gasteiger partial charge in [-0.25, -0.2) is 0 Å². The highest BCUT2D eigenvalue weighted by molar-refractivity contribution is 5.83. The summed E-state index contributed by atoms with van der Waals surface area (Å²) in [4.78, 5) is 0. The van der Waals surface area contributed by atoms with E-state index in [1.165, 1.54) is 16.5 Å². The van der Waals surface area contributed by atoms with Gasteiger partial charge in [0.25, 0.3) is 0 Å². The fraction of sp³-hybridized carbons (Fsp3) is 0.333. The molecule has 0 radical (unpaired) electrons. The molecular weight excluding hydrogens is 172 g/mol. The second kappa shape index (κ2) is 3.84. The maximum absolute atomic E-state index is 2.24. The summed E-state index contributed by atoms with van der Waals surface area (Å²) in [6.45, 7) is 1.16. The van der Waals surface area contributed by atoms with Crippen molar-refractivity contribution in [1.82, 2.24) is 4.57 Å². The molecular formula is C12H17N2+. The fourth-order valence-electron chi connectivity index (χ4n) is 1.92. The Morgan fingerprint density at radius 1 is 1.29 bits per heavy atom. The Morgan fingerprint density at radius 3 is 2.86 bits per heavy atom. The summed E-state index contributed by atoms with van der Waals surface area (Å²) in [5.74, 6) is 0. The summed E-state index contributed by atoms with van der Waals surface area (Å²) in [5.41, 5.74) is 2.79. The molecule has 2 rings (SSSR count). The molecule has 0 spiro atoms. The lowest BCUT2D eigenvalue weighted by atomic mass is 10.1. The van der Waals surface area contributed by atoms with Crippen LogP contribution in [0.5, 0.6) is 0 Å². The molecule has 2 heteroatoms. The van der Waals surface area contributed by atoms with Gasteiger partial charge in [0.2, 0.25) is 0 Å². The molecule has 0 unspecified atom stereocenters. The van der Waals surface area contributed by atoms with E-state index in [0.717, 1.165) is 13.0 Å². The van der Waals surface area contributed by atoms with Gasteiger partial charge in [0.15, 0.2) is 0 Å². The number of quaternary nitrogens is 1. The highest BCUT2D eigenvalue weighted by Gasteiger charge is 2.04. The molecule has 0 bridgehead atoms. The number of aromatic nitrogens is 1. The third kappa shape index (κ3) is 1.53. The number of para-hydroxylation sites is 1. The van der Waals surface area contributed by atoms with E-state index in [9.17, 15) is 0 Å². The number of likely N-dealkylation sites (N-methyl/N-ethyl adjacent to an activating group) is 1. The van der Waals surface area contributed by atoms with E-state index < -0.39 is 0 Å². The van der Waals surface area contributed by atoms with Gasteiger partial charge in [0.05, 0.1) is 13.6 Å². The third-order valence-corrected chi connectivity index (χ3v) is 2.68. The lowest BCUT2D eigenvalue weighted by Crippen LogP contribution is -2.80. The first-order valence-electron chi connectivity index (χ1n) is 5.13. The van der Waals surface area contributed by atoms with Crippen molar-refractivity contribution in [2.24, 2.45) is 7.05 Å². The molecule has 2 nitrogen and oxygen atoms in total. The first kappa shape index (κ1) is 9.28. The lowest BCUT2D eigenvalue weighted by molar-refractivity contribution is -0.626. The molecule has 0 aliphatic heterocycles. The number of aryl methyl sites for hydroxylation is 1. The summed E-state index contributed by atoms with van der Waals surface area (Å²) >= 11 is 0. The van der Waals surface area contributed by atoms with Crippen LogP contribution in [0.1, 0.15) is 5.56 Å². The minimum absolute atomic E-state index is 1.15. The van der Waals surface area contributed by atoms with Crippen LogP contribution in [0, 0.1) is 0 Å². The van der Waals surface area contributed by atoms with Crippen LogP contribution in [0.3, 0.4) is 0 Å². The molecule has 0 amide bonds. The van der Waals surface area contributed by atoms with Crippen molar-refractivity contribution in [3.63, 3.8) is 0 Å². The zero-order valence-corrected chi connectivity index (χ0v) is 8.83. The van der Waals surface area contributed by atoms with Crippen LogP contribution >= 0.6 is 0 Å². The van der Waals surface area contributed by atoms with Crippen LogP contribution in [-0.4, -0.2) is 18.2 Å². The normalized spacial score (nSPS) is 11.0. The van der Waals surface area contributed by atoms with Crippen molar-refractivity contribution in [2.75, 3.05) is 13.6 Å². The number of nitrogens with two attached hydrogens (primary N) is 1. The smallest absolute Gasteiger partial charge is 0.0795 e. The summed E-state index contributed by atoms with van der Waals surface area (Å²) in [7, 11) is 4.23. The molecule has 1 aromatic heterocycles. The Bertz CT molecular complexity index is 429. The molecule has 0 aliphatic rings. The topological polar surface area (TPSA) is 21.5 Å². The van der Waals surface area contributed by atoms with Crippen LogP contribution in [0.4, 0.5) is 0 Å². The van der Waals surface area contributed by atoms with E-state index in [1.807, 2.05) is 0 Å². The molecule has 0 fully saturated rings. The van der Waals surface area contributed by atoms with E-state index in [-0.39, 0.29) is 0 Å². The minimum Gasteiger partial charge on any atom is -0.350 e. The first-order valence-corrected chi connectivity index (χ1v) is 5.13. The van der Waals surface area contributed by atoms with Crippen LogP contribution in [0.15, 0.2) is 30.5 Å². The maximum Gasteiger partial charge on any atom is 0.0795 e. The Hall–Kier alpha value is -1.28. The number of nitrogens with zero attached hydrogens (tertiary/aromatic N) is 1. The highest BCUT2D eigenvalue weighted by Crippen LogP contribution is 2.19. The average molecular weight is 189 g/mol. The molecule has 2 aromatic rings. The zero-order chi connectivity index (χ0) is 9.97. The average Bonchev–Trinajstić information content (AvgIpc) is 2.54. The Kier molecular flexibility index (Phi) is 2.55. The van der Waals surface area contributed by atoms with Crippen molar-refractivity contribution < 1.29 is 5.32 Å². The van der Waals surface area contributed by atoms with Crippen LogP contribution in [0.25, 0.3) is 10.9 Å². The molecule has 0 saturated heterocycles. The number of fused-ring (bicyclic) bond motifs is 1. The maximum atomic E-state index is 2.24. The summed E-state index contributed by atoms with van der Waals surface area (Å²) in [6.07, 6.45) is 3.39. The van der Waals surface area contributed by atoms with Crippen molar-refractivity contribution in [1.29, 1.82) is 0 Å². The second-order valence-electron chi connectivity index (χ2n) is 3.73. The molecule has 0 aliphatic carbocycles. The highest BCUT2D eigenvalue weighted by atomic mass is 14.9. The Labute approximate surface area is 84.5 Å².